The number of nitrogens with one attached hydrogen (secondary N) is 1. The molecular formula is C17H18N2OS. The largest absolute Gasteiger partial charge is 0.497 e. The van der Waals surface area contributed by atoms with Crippen molar-refractivity contribution < 1.29 is 4.74 Å². The van der Waals surface area contributed by atoms with Crippen LogP contribution in [0.5, 0.6) is 5.75 Å². The molecule has 3 nitrogen and oxygen atoms in total. The molecule has 0 spiro atoms. The van der Waals surface area contributed by atoms with Crippen LogP contribution in [0.3, 0.4) is 0 Å². The van der Waals surface area contributed by atoms with Gasteiger partial charge in [-0.25, -0.2) is 0 Å². The molecule has 108 valence electrons. The van der Waals surface area contributed by atoms with Crippen molar-refractivity contribution in [1.82, 2.24) is 9.55 Å². The van der Waals surface area contributed by atoms with E-state index >= 15 is 0 Å². The number of fused-ring (bicyclic) bond motifs is 1. The van der Waals surface area contributed by atoms with Gasteiger partial charge in [-0.15, -0.1) is 0 Å². The molecule has 0 aliphatic heterocycles. The fourth-order valence-electron chi connectivity index (χ4n) is 2.49. The highest BCUT2D eigenvalue weighted by molar-refractivity contribution is 7.71. The van der Waals surface area contributed by atoms with Crippen LogP contribution in [0.2, 0.25) is 0 Å². The average molecular weight is 298 g/mol. The van der Waals surface area contributed by atoms with Crippen molar-refractivity contribution in [3.8, 4) is 11.4 Å². The molecular weight excluding hydrogens is 280 g/mol. The molecule has 0 atom stereocenters. The van der Waals surface area contributed by atoms with Gasteiger partial charge in [0.15, 0.2) is 4.77 Å². The summed E-state index contributed by atoms with van der Waals surface area (Å²) in [7, 11) is 1.67. The Morgan fingerprint density at radius 2 is 1.95 bits per heavy atom. The monoisotopic (exact) mass is 298 g/mol. The zero-order valence-electron chi connectivity index (χ0n) is 12.4. The number of rotatable bonds is 3. The number of ether oxygens (including phenoxy) is 1. The highest BCUT2D eigenvalue weighted by Gasteiger charge is 2.09. The first-order valence-electron chi connectivity index (χ1n) is 6.99. The predicted molar refractivity (Wildman–Crippen MR) is 89.1 cm³/mol. The fourth-order valence-corrected chi connectivity index (χ4v) is 2.80. The Balaban J connectivity index is 2.26. The van der Waals surface area contributed by atoms with Crippen LogP contribution in [0.15, 0.2) is 42.5 Å². The van der Waals surface area contributed by atoms with Gasteiger partial charge in [0.1, 0.15) is 5.75 Å². The number of hydrogen-bond acceptors (Lipinski definition) is 2. The van der Waals surface area contributed by atoms with Gasteiger partial charge in [0.25, 0.3) is 0 Å². The van der Waals surface area contributed by atoms with E-state index in [1.165, 1.54) is 5.56 Å². The van der Waals surface area contributed by atoms with Gasteiger partial charge in [-0.2, -0.15) is 0 Å². The molecule has 4 heteroatoms. The lowest BCUT2D eigenvalue weighted by molar-refractivity contribution is 0.415. The van der Waals surface area contributed by atoms with E-state index in [0.717, 1.165) is 22.5 Å². The van der Waals surface area contributed by atoms with Gasteiger partial charge in [0.05, 0.1) is 18.1 Å². The number of aromatic nitrogens is 2. The Hall–Kier alpha value is -2.07. The minimum Gasteiger partial charge on any atom is -0.497 e. The van der Waals surface area contributed by atoms with Crippen molar-refractivity contribution in [2.24, 2.45) is 0 Å². The summed E-state index contributed by atoms with van der Waals surface area (Å²) >= 11 is 5.49. The van der Waals surface area contributed by atoms with E-state index in [-0.39, 0.29) is 0 Å². The molecule has 3 rings (SSSR count). The molecule has 1 aromatic heterocycles. The third-order valence-electron chi connectivity index (χ3n) is 3.69. The smallest absolute Gasteiger partial charge is 0.182 e. The second-order valence-electron chi connectivity index (χ2n) is 5.40. The Kier molecular flexibility index (Phi) is 3.55. The molecule has 3 aromatic rings. The lowest BCUT2D eigenvalue weighted by Gasteiger charge is -2.10. The molecule has 1 N–H and O–H groups in total. The SMILES string of the molecule is COc1ccc2[nH]c(=S)n(-c3cccc(C(C)C)c3)c2c1. The number of H-pyrrole nitrogens is 1. The first-order chi connectivity index (χ1) is 10.1. The van der Waals surface area contributed by atoms with E-state index in [2.05, 4.69) is 47.7 Å². The van der Waals surface area contributed by atoms with Crippen LogP contribution < -0.4 is 4.74 Å². The van der Waals surface area contributed by atoms with Crippen LogP contribution in [0.4, 0.5) is 0 Å². The molecule has 21 heavy (non-hydrogen) atoms. The second kappa shape index (κ2) is 5.37. The van der Waals surface area contributed by atoms with Crippen LogP contribution in [-0.4, -0.2) is 16.7 Å². The minimum absolute atomic E-state index is 0.485. The molecule has 0 unspecified atom stereocenters. The van der Waals surface area contributed by atoms with Crippen LogP contribution in [0, 0.1) is 4.77 Å². The number of benzene rings is 2. The van der Waals surface area contributed by atoms with E-state index in [1.807, 2.05) is 18.2 Å². The topological polar surface area (TPSA) is 29.9 Å². The summed E-state index contributed by atoms with van der Waals surface area (Å²) in [6.07, 6.45) is 0. The summed E-state index contributed by atoms with van der Waals surface area (Å²) in [5.41, 5.74) is 4.41. The van der Waals surface area contributed by atoms with Crippen molar-refractivity contribution in [2.45, 2.75) is 19.8 Å². The molecule has 0 aliphatic carbocycles. The van der Waals surface area contributed by atoms with Crippen molar-refractivity contribution in [3.05, 3.63) is 52.8 Å². The van der Waals surface area contributed by atoms with Gasteiger partial charge in [0.2, 0.25) is 0 Å². The van der Waals surface area contributed by atoms with E-state index in [4.69, 9.17) is 17.0 Å². The van der Waals surface area contributed by atoms with Gasteiger partial charge in [-0.3, -0.25) is 4.57 Å². The van der Waals surface area contributed by atoms with E-state index in [1.54, 1.807) is 7.11 Å². The van der Waals surface area contributed by atoms with Crippen molar-refractivity contribution in [2.75, 3.05) is 7.11 Å². The Morgan fingerprint density at radius 3 is 2.67 bits per heavy atom. The van der Waals surface area contributed by atoms with E-state index < -0.39 is 0 Å². The molecule has 0 amide bonds. The molecule has 2 aromatic carbocycles. The van der Waals surface area contributed by atoms with Crippen molar-refractivity contribution >= 4 is 23.3 Å². The molecule has 1 heterocycles. The normalized spacial score (nSPS) is 11.2. The van der Waals surface area contributed by atoms with E-state index in [9.17, 15) is 0 Å². The molecule has 0 aliphatic rings. The standard InChI is InChI=1S/C17H18N2OS/c1-11(2)12-5-4-6-13(9-12)19-16-10-14(20-3)7-8-15(16)18-17(19)21/h4-11H,1-3H3,(H,18,21). The number of nitrogens with zero attached hydrogens (tertiary/aromatic N) is 1. The quantitative estimate of drug-likeness (QED) is 0.703. The highest BCUT2D eigenvalue weighted by atomic mass is 32.1. The highest BCUT2D eigenvalue weighted by Crippen LogP contribution is 2.25. The summed E-state index contributed by atoms with van der Waals surface area (Å²) in [5.74, 6) is 1.31. The summed E-state index contributed by atoms with van der Waals surface area (Å²) < 4.78 is 8.07. The number of methoxy groups -OCH3 is 1. The van der Waals surface area contributed by atoms with Gasteiger partial charge in [0, 0.05) is 11.8 Å². The van der Waals surface area contributed by atoms with Crippen molar-refractivity contribution in [3.63, 3.8) is 0 Å². The lowest BCUT2D eigenvalue weighted by atomic mass is 10.0. The molecule has 0 saturated carbocycles. The van der Waals surface area contributed by atoms with Gasteiger partial charge in [-0.05, 0) is 48.0 Å². The van der Waals surface area contributed by atoms with Crippen LogP contribution >= 0.6 is 12.2 Å². The maximum atomic E-state index is 5.49. The van der Waals surface area contributed by atoms with Gasteiger partial charge >= 0.3 is 0 Å². The number of aromatic amines is 1. The molecule has 0 fully saturated rings. The zero-order valence-corrected chi connectivity index (χ0v) is 13.2. The first-order valence-corrected chi connectivity index (χ1v) is 7.40. The minimum atomic E-state index is 0.485. The second-order valence-corrected chi connectivity index (χ2v) is 5.79. The fraction of sp³-hybridized carbons (Fsp3) is 0.235. The Bertz CT molecular complexity index is 845. The molecule has 0 radical (unpaired) electrons. The number of hydrogen-bond donors (Lipinski definition) is 1. The van der Waals surface area contributed by atoms with Crippen molar-refractivity contribution in [1.29, 1.82) is 0 Å². The predicted octanol–water partition coefficient (Wildman–Crippen LogP) is 4.82. The Labute approximate surface area is 129 Å². The summed E-state index contributed by atoms with van der Waals surface area (Å²) in [5, 5.41) is 0. The first kappa shape index (κ1) is 13.9. The molecule has 0 saturated heterocycles. The maximum Gasteiger partial charge on any atom is 0.182 e. The Morgan fingerprint density at radius 1 is 1.14 bits per heavy atom. The summed E-state index contributed by atoms with van der Waals surface area (Å²) in [4.78, 5) is 3.25. The van der Waals surface area contributed by atoms with E-state index in [0.29, 0.717) is 10.7 Å². The molecule has 0 bridgehead atoms. The van der Waals surface area contributed by atoms with Gasteiger partial charge < -0.3 is 9.72 Å². The van der Waals surface area contributed by atoms with Crippen LogP contribution in [-0.2, 0) is 0 Å². The third-order valence-corrected chi connectivity index (χ3v) is 3.97. The van der Waals surface area contributed by atoms with Crippen LogP contribution in [0.25, 0.3) is 16.7 Å². The maximum absolute atomic E-state index is 5.49. The zero-order chi connectivity index (χ0) is 15.0. The van der Waals surface area contributed by atoms with Gasteiger partial charge in [-0.1, -0.05) is 26.0 Å². The average Bonchev–Trinajstić information content (AvgIpc) is 2.82. The third kappa shape index (κ3) is 2.47. The summed E-state index contributed by atoms with van der Waals surface area (Å²) in [6, 6.07) is 14.4. The van der Waals surface area contributed by atoms with Crippen LogP contribution in [0.1, 0.15) is 25.3 Å². The lowest BCUT2D eigenvalue weighted by Crippen LogP contribution is -1.96. The summed E-state index contributed by atoms with van der Waals surface area (Å²) in [6.45, 7) is 4.38. The number of imidazole rings is 1.